The summed E-state index contributed by atoms with van der Waals surface area (Å²) in [5.74, 6) is 0.0390. The Labute approximate surface area is 176 Å². The summed E-state index contributed by atoms with van der Waals surface area (Å²) in [5, 5.41) is 11.4. The number of benzene rings is 1. The van der Waals surface area contributed by atoms with Gasteiger partial charge < -0.3 is 10.2 Å². The average molecular weight is 426 g/mol. The van der Waals surface area contributed by atoms with Gasteiger partial charge in [-0.3, -0.25) is 14.6 Å². The van der Waals surface area contributed by atoms with Gasteiger partial charge in [-0.1, -0.05) is 47.4 Å². The van der Waals surface area contributed by atoms with Gasteiger partial charge in [0.05, 0.1) is 11.6 Å². The average Bonchev–Trinajstić information content (AvgIpc) is 3.34. The number of anilines is 2. The van der Waals surface area contributed by atoms with Gasteiger partial charge in [-0.05, 0) is 30.7 Å². The summed E-state index contributed by atoms with van der Waals surface area (Å²) in [7, 11) is 0. The molecule has 1 aromatic carbocycles. The number of para-hydroxylation sites is 1. The third-order valence-electron chi connectivity index (χ3n) is 4.61. The Morgan fingerprint density at radius 3 is 2.86 bits per heavy atom. The van der Waals surface area contributed by atoms with Crippen LogP contribution in [0.3, 0.4) is 0 Å². The second-order valence-corrected chi connectivity index (χ2v) is 8.86. The van der Waals surface area contributed by atoms with Crippen molar-refractivity contribution in [3.8, 4) is 0 Å². The number of rotatable bonds is 6. The fourth-order valence-corrected chi connectivity index (χ4v) is 4.80. The lowest BCUT2D eigenvalue weighted by Gasteiger charge is -2.18. The molecule has 0 spiro atoms. The van der Waals surface area contributed by atoms with Crippen molar-refractivity contribution >= 4 is 45.7 Å². The van der Waals surface area contributed by atoms with Crippen LogP contribution >= 0.6 is 23.1 Å². The van der Waals surface area contributed by atoms with Crippen molar-refractivity contribution in [3.63, 3.8) is 0 Å². The number of hydrogen-bond donors (Lipinski definition) is 1. The summed E-state index contributed by atoms with van der Waals surface area (Å²) in [6, 6.07) is 13.5. The van der Waals surface area contributed by atoms with Crippen LogP contribution in [0.2, 0.25) is 0 Å². The molecule has 1 aliphatic heterocycles. The molecule has 0 bridgehead atoms. The quantitative estimate of drug-likeness (QED) is 0.480. The molecule has 0 unspecified atom stereocenters. The Morgan fingerprint density at radius 1 is 1.24 bits per heavy atom. The molecule has 0 aliphatic carbocycles. The van der Waals surface area contributed by atoms with Crippen LogP contribution in [0, 0.1) is 12.8 Å². The molecule has 1 saturated heterocycles. The Hall–Kier alpha value is -2.78. The highest BCUT2D eigenvalue weighted by molar-refractivity contribution is 8.00. The van der Waals surface area contributed by atoms with Crippen molar-refractivity contribution in [1.82, 2.24) is 15.2 Å². The van der Waals surface area contributed by atoms with E-state index in [1.54, 1.807) is 11.1 Å². The second kappa shape index (κ2) is 8.71. The zero-order valence-corrected chi connectivity index (χ0v) is 17.4. The molecule has 0 radical (unpaired) electrons. The third-order valence-corrected chi connectivity index (χ3v) is 6.61. The van der Waals surface area contributed by atoms with Crippen LogP contribution in [0.5, 0.6) is 0 Å². The first kappa shape index (κ1) is 19.5. The minimum absolute atomic E-state index is 0.0386. The topological polar surface area (TPSA) is 88.1 Å². The summed E-state index contributed by atoms with van der Waals surface area (Å²) in [4.78, 5) is 31.0. The molecule has 1 N–H and O–H groups in total. The number of nitrogens with zero attached hydrogens (tertiary/aromatic N) is 4. The molecule has 2 aromatic heterocycles. The molecule has 7 nitrogen and oxygen atoms in total. The van der Waals surface area contributed by atoms with E-state index in [1.807, 2.05) is 49.4 Å². The van der Waals surface area contributed by atoms with Crippen LogP contribution in [0.4, 0.5) is 10.8 Å². The fourth-order valence-electron chi connectivity index (χ4n) is 3.13. The maximum absolute atomic E-state index is 12.6. The van der Waals surface area contributed by atoms with Crippen LogP contribution in [0.15, 0.2) is 53.0 Å². The number of aromatic nitrogens is 3. The standard InChI is InChI=1S/C20H19N5O2S2/c1-13-6-2-3-8-16(13)25-11-14(10-17(25)26)18(27)22-19-23-24-20(29-19)28-12-15-7-4-5-9-21-15/h2-9,14H,10-12H2,1H3,(H,22,23,27)/t14-/m0/s1. The molecule has 3 heterocycles. The van der Waals surface area contributed by atoms with Gasteiger partial charge in [0, 0.05) is 30.6 Å². The van der Waals surface area contributed by atoms with E-state index in [0.29, 0.717) is 17.4 Å². The molecule has 0 saturated carbocycles. The Morgan fingerprint density at radius 2 is 2.07 bits per heavy atom. The molecule has 29 heavy (non-hydrogen) atoms. The smallest absolute Gasteiger partial charge is 0.231 e. The summed E-state index contributed by atoms with van der Waals surface area (Å²) < 4.78 is 0.759. The first-order valence-corrected chi connectivity index (χ1v) is 10.9. The van der Waals surface area contributed by atoms with Gasteiger partial charge in [0.15, 0.2) is 4.34 Å². The number of carbonyl (C=O) groups is 2. The van der Waals surface area contributed by atoms with E-state index in [2.05, 4.69) is 20.5 Å². The lowest BCUT2D eigenvalue weighted by Crippen LogP contribution is -2.28. The first-order chi connectivity index (χ1) is 14.1. The molecule has 1 atom stereocenters. The molecule has 1 aliphatic rings. The Kier molecular flexibility index (Phi) is 5.86. The van der Waals surface area contributed by atoms with Crippen LogP contribution in [0.25, 0.3) is 0 Å². The van der Waals surface area contributed by atoms with Crippen molar-refractivity contribution in [3.05, 3.63) is 59.9 Å². The molecule has 148 valence electrons. The van der Waals surface area contributed by atoms with Gasteiger partial charge in [0.25, 0.3) is 0 Å². The summed E-state index contributed by atoms with van der Waals surface area (Å²) in [5.41, 5.74) is 2.83. The Balaban J connectivity index is 1.35. The number of aryl methyl sites for hydroxylation is 1. The lowest BCUT2D eigenvalue weighted by molar-refractivity contribution is -0.122. The molecule has 2 amide bonds. The van der Waals surface area contributed by atoms with E-state index in [4.69, 9.17) is 0 Å². The van der Waals surface area contributed by atoms with Gasteiger partial charge >= 0.3 is 0 Å². The highest BCUT2D eigenvalue weighted by atomic mass is 32.2. The zero-order chi connectivity index (χ0) is 20.2. The zero-order valence-electron chi connectivity index (χ0n) is 15.7. The van der Waals surface area contributed by atoms with E-state index in [0.717, 1.165) is 21.3 Å². The predicted molar refractivity (Wildman–Crippen MR) is 114 cm³/mol. The highest BCUT2D eigenvalue weighted by Crippen LogP contribution is 2.30. The maximum atomic E-state index is 12.6. The SMILES string of the molecule is Cc1ccccc1N1C[C@@H](C(=O)Nc2nnc(SCc3ccccn3)s2)CC1=O. The summed E-state index contributed by atoms with van der Waals surface area (Å²) in [6.45, 7) is 2.33. The predicted octanol–water partition coefficient (Wildman–Crippen LogP) is 3.53. The fraction of sp³-hybridized carbons (Fsp3) is 0.250. The maximum Gasteiger partial charge on any atom is 0.231 e. The first-order valence-electron chi connectivity index (χ1n) is 9.13. The van der Waals surface area contributed by atoms with Gasteiger partial charge in [-0.15, -0.1) is 10.2 Å². The summed E-state index contributed by atoms with van der Waals surface area (Å²) in [6.07, 6.45) is 1.95. The van der Waals surface area contributed by atoms with Gasteiger partial charge in [-0.25, -0.2) is 0 Å². The minimum Gasteiger partial charge on any atom is -0.311 e. The van der Waals surface area contributed by atoms with E-state index in [-0.39, 0.29) is 18.2 Å². The number of thioether (sulfide) groups is 1. The van der Waals surface area contributed by atoms with Crippen molar-refractivity contribution in [2.75, 3.05) is 16.8 Å². The number of nitrogens with one attached hydrogen (secondary N) is 1. The second-order valence-electron chi connectivity index (χ2n) is 6.66. The number of pyridine rings is 1. The van der Waals surface area contributed by atoms with Crippen LogP contribution in [0.1, 0.15) is 17.7 Å². The van der Waals surface area contributed by atoms with Crippen LogP contribution in [-0.2, 0) is 15.3 Å². The molecular weight excluding hydrogens is 406 g/mol. The third kappa shape index (κ3) is 4.63. The van der Waals surface area contributed by atoms with Crippen molar-refractivity contribution in [1.29, 1.82) is 0 Å². The van der Waals surface area contributed by atoms with Crippen molar-refractivity contribution in [2.24, 2.45) is 5.92 Å². The van der Waals surface area contributed by atoms with E-state index < -0.39 is 5.92 Å². The highest BCUT2D eigenvalue weighted by Gasteiger charge is 2.36. The summed E-state index contributed by atoms with van der Waals surface area (Å²) >= 11 is 2.84. The monoisotopic (exact) mass is 425 g/mol. The molecule has 4 rings (SSSR count). The van der Waals surface area contributed by atoms with Gasteiger partial charge in [0.1, 0.15) is 0 Å². The van der Waals surface area contributed by atoms with E-state index in [1.165, 1.54) is 23.1 Å². The van der Waals surface area contributed by atoms with Crippen LogP contribution < -0.4 is 10.2 Å². The van der Waals surface area contributed by atoms with E-state index in [9.17, 15) is 9.59 Å². The molecular formula is C20H19N5O2S2. The van der Waals surface area contributed by atoms with Gasteiger partial charge in [-0.2, -0.15) is 0 Å². The number of hydrogen-bond acceptors (Lipinski definition) is 7. The Bertz CT molecular complexity index is 1020. The molecule has 3 aromatic rings. The number of amides is 2. The van der Waals surface area contributed by atoms with Crippen molar-refractivity contribution < 1.29 is 9.59 Å². The van der Waals surface area contributed by atoms with Crippen LogP contribution in [-0.4, -0.2) is 33.5 Å². The van der Waals surface area contributed by atoms with Gasteiger partial charge in [0.2, 0.25) is 16.9 Å². The van der Waals surface area contributed by atoms with E-state index >= 15 is 0 Å². The largest absolute Gasteiger partial charge is 0.311 e. The molecule has 9 heteroatoms. The minimum atomic E-state index is -0.407. The molecule has 1 fully saturated rings. The number of carbonyl (C=O) groups excluding carboxylic acids is 2. The normalized spacial score (nSPS) is 16.2. The van der Waals surface area contributed by atoms with Crippen molar-refractivity contribution in [2.45, 2.75) is 23.4 Å². The lowest BCUT2D eigenvalue weighted by atomic mass is 10.1.